The van der Waals surface area contributed by atoms with Gasteiger partial charge in [-0.05, 0) is 43.5 Å². The van der Waals surface area contributed by atoms with Gasteiger partial charge in [0, 0.05) is 7.11 Å². The highest BCUT2D eigenvalue weighted by atomic mass is 16.5. The molecule has 0 bridgehead atoms. The number of aryl methyl sites for hydroxylation is 2. The van der Waals surface area contributed by atoms with Gasteiger partial charge < -0.3 is 14.2 Å². The summed E-state index contributed by atoms with van der Waals surface area (Å²) in [5, 5.41) is 0. The molecule has 0 saturated carbocycles. The number of benzene rings is 2. The zero-order valence-electron chi connectivity index (χ0n) is 16.5. The third kappa shape index (κ3) is 3.88. The number of anilines is 1. The lowest BCUT2D eigenvalue weighted by Gasteiger charge is -2.32. The normalized spacial score (nSPS) is 12.3. The van der Waals surface area contributed by atoms with E-state index in [1.54, 1.807) is 13.4 Å². The predicted octanol–water partition coefficient (Wildman–Crippen LogP) is 3.98. The third-order valence-electron chi connectivity index (χ3n) is 4.89. The maximum absolute atomic E-state index is 13.4. The van der Waals surface area contributed by atoms with Crippen LogP contribution in [0.5, 0.6) is 0 Å². The molecule has 3 aromatic rings. The van der Waals surface area contributed by atoms with Crippen molar-refractivity contribution >= 4 is 22.6 Å². The Morgan fingerprint density at radius 3 is 2.74 bits per heavy atom. The zero-order valence-corrected chi connectivity index (χ0v) is 16.5. The minimum Gasteiger partial charge on any atom is -0.383 e. The fourth-order valence-electron chi connectivity index (χ4n) is 3.61. The molecule has 5 nitrogen and oxygen atoms in total. The molecule has 1 atom stereocenters. The second-order valence-corrected chi connectivity index (χ2v) is 6.87. The van der Waals surface area contributed by atoms with Gasteiger partial charge in [0.15, 0.2) is 0 Å². The van der Waals surface area contributed by atoms with Gasteiger partial charge in [-0.3, -0.25) is 4.79 Å². The molecular formula is C22H27N3O2. The summed E-state index contributed by atoms with van der Waals surface area (Å²) in [7, 11) is 1.67. The molecule has 0 fully saturated rings. The quantitative estimate of drug-likeness (QED) is 0.636. The standard InChI is InChI=1S/C22H27N3O2/c1-5-18-10-8-9-16(2)22(18)25(17(3)14-27-4)21(26)13-24-15-23-19-11-6-7-12-20(19)24/h6-12,15,17H,5,13-14H2,1-4H3. The summed E-state index contributed by atoms with van der Waals surface area (Å²) in [4.78, 5) is 19.7. The summed E-state index contributed by atoms with van der Waals surface area (Å²) in [5.41, 5.74) is 5.12. The van der Waals surface area contributed by atoms with Crippen molar-refractivity contribution in [2.24, 2.45) is 0 Å². The molecule has 0 aliphatic carbocycles. The van der Waals surface area contributed by atoms with Crippen molar-refractivity contribution in [2.45, 2.75) is 39.8 Å². The van der Waals surface area contributed by atoms with Crippen LogP contribution in [0, 0.1) is 6.92 Å². The number of amides is 1. The highest BCUT2D eigenvalue weighted by Crippen LogP contribution is 2.28. The summed E-state index contributed by atoms with van der Waals surface area (Å²) in [6.45, 7) is 6.92. The first-order chi connectivity index (χ1) is 13.1. The number of fused-ring (bicyclic) bond motifs is 1. The van der Waals surface area contributed by atoms with E-state index in [9.17, 15) is 4.79 Å². The molecule has 1 unspecified atom stereocenters. The van der Waals surface area contributed by atoms with E-state index in [1.807, 2.05) is 46.7 Å². The largest absolute Gasteiger partial charge is 0.383 e. The third-order valence-corrected chi connectivity index (χ3v) is 4.89. The highest BCUT2D eigenvalue weighted by molar-refractivity contribution is 5.96. The van der Waals surface area contributed by atoms with Crippen LogP contribution < -0.4 is 4.90 Å². The Morgan fingerprint density at radius 1 is 1.22 bits per heavy atom. The molecule has 0 aliphatic rings. The van der Waals surface area contributed by atoms with Gasteiger partial charge in [-0.2, -0.15) is 0 Å². The van der Waals surface area contributed by atoms with E-state index in [4.69, 9.17) is 4.74 Å². The maximum Gasteiger partial charge on any atom is 0.247 e. The molecule has 0 radical (unpaired) electrons. The average molecular weight is 365 g/mol. The van der Waals surface area contributed by atoms with Gasteiger partial charge in [0.05, 0.1) is 35.7 Å². The molecule has 0 spiro atoms. The van der Waals surface area contributed by atoms with E-state index >= 15 is 0 Å². The molecule has 0 saturated heterocycles. The van der Waals surface area contributed by atoms with E-state index in [0.717, 1.165) is 28.7 Å². The van der Waals surface area contributed by atoms with Gasteiger partial charge in [-0.1, -0.05) is 37.3 Å². The average Bonchev–Trinajstić information content (AvgIpc) is 3.06. The van der Waals surface area contributed by atoms with Gasteiger partial charge in [-0.15, -0.1) is 0 Å². The number of para-hydroxylation sites is 3. The molecule has 27 heavy (non-hydrogen) atoms. The summed E-state index contributed by atoms with van der Waals surface area (Å²) < 4.78 is 7.27. The number of methoxy groups -OCH3 is 1. The number of hydrogen-bond acceptors (Lipinski definition) is 3. The van der Waals surface area contributed by atoms with E-state index in [2.05, 4.69) is 31.0 Å². The number of nitrogens with zero attached hydrogens (tertiary/aromatic N) is 3. The van der Waals surface area contributed by atoms with Crippen LogP contribution in [0.15, 0.2) is 48.8 Å². The van der Waals surface area contributed by atoms with Crippen molar-refractivity contribution in [3.63, 3.8) is 0 Å². The number of rotatable bonds is 7. The molecule has 1 heterocycles. The Bertz CT molecular complexity index is 932. The second kappa shape index (κ2) is 8.35. The van der Waals surface area contributed by atoms with Gasteiger partial charge in [-0.25, -0.2) is 4.98 Å². The minimum atomic E-state index is -0.0660. The SMILES string of the molecule is CCc1cccc(C)c1N(C(=O)Cn1cnc2ccccc21)C(C)COC. The van der Waals surface area contributed by atoms with Crippen molar-refractivity contribution < 1.29 is 9.53 Å². The summed E-state index contributed by atoms with van der Waals surface area (Å²) in [6, 6.07) is 14.0. The summed E-state index contributed by atoms with van der Waals surface area (Å²) in [6.07, 6.45) is 2.61. The van der Waals surface area contributed by atoms with Crippen LogP contribution in [0.4, 0.5) is 5.69 Å². The van der Waals surface area contributed by atoms with Gasteiger partial charge in [0.1, 0.15) is 6.54 Å². The molecule has 1 aromatic heterocycles. The molecule has 1 amide bonds. The maximum atomic E-state index is 13.4. The van der Waals surface area contributed by atoms with Gasteiger partial charge in [0.25, 0.3) is 0 Å². The fraction of sp³-hybridized carbons (Fsp3) is 0.364. The van der Waals surface area contributed by atoms with Crippen molar-refractivity contribution in [2.75, 3.05) is 18.6 Å². The number of aromatic nitrogens is 2. The van der Waals surface area contributed by atoms with E-state index in [0.29, 0.717) is 6.61 Å². The summed E-state index contributed by atoms with van der Waals surface area (Å²) in [5.74, 6) is 0.0340. The van der Waals surface area contributed by atoms with Crippen molar-refractivity contribution in [1.82, 2.24) is 9.55 Å². The van der Waals surface area contributed by atoms with Crippen LogP contribution in [-0.2, 0) is 22.5 Å². The number of carbonyl (C=O) groups is 1. The first kappa shape index (κ1) is 19.1. The second-order valence-electron chi connectivity index (χ2n) is 6.87. The fourth-order valence-corrected chi connectivity index (χ4v) is 3.61. The molecular weight excluding hydrogens is 338 g/mol. The predicted molar refractivity (Wildman–Crippen MR) is 109 cm³/mol. The lowest BCUT2D eigenvalue weighted by Crippen LogP contribution is -2.44. The number of imidazole rings is 1. The minimum absolute atomic E-state index is 0.0340. The first-order valence-electron chi connectivity index (χ1n) is 9.36. The monoisotopic (exact) mass is 365 g/mol. The smallest absolute Gasteiger partial charge is 0.247 e. The van der Waals surface area contributed by atoms with Crippen molar-refractivity contribution in [3.8, 4) is 0 Å². The summed E-state index contributed by atoms with van der Waals surface area (Å²) >= 11 is 0. The lowest BCUT2D eigenvalue weighted by atomic mass is 10.0. The van der Waals surface area contributed by atoms with Crippen LogP contribution >= 0.6 is 0 Å². The number of hydrogen-bond donors (Lipinski definition) is 0. The Balaban J connectivity index is 2.00. The van der Waals surface area contributed by atoms with Crippen LogP contribution in [0.2, 0.25) is 0 Å². The Labute approximate surface area is 160 Å². The Hall–Kier alpha value is -2.66. The number of ether oxygens (including phenoxy) is 1. The molecule has 2 aromatic carbocycles. The molecule has 142 valence electrons. The lowest BCUT2D eigenvalue weighted by molar-refractivity contribution is -0.119. The van der Waals surface area contributed by atoms with Crippen LogP contribution in [-0.4, -0.2) is 35.2 Å². The van der Waals surface area contributed by atoms with Crippen LogP contribution in [0.1, 0.15) is 25.0 Å². The van der Waals surface area contributed by atoms with Crippen molar-refractivity contribution in [1.29, 1.82) is 0 Å². The Morgan fingerprint density at radius 2 is 2.00 bits per heavy atom. The first-order valence-corrected chi connectivity index (χ1v) is 9.36. The molecule has 0 N–H and O–H groups in total. The van der Waals surface area contributed by atoms with Crippen LogP contribution in [0.3, 0.4) is 0 Å². The molecule has 0 aliphatic heterocycles. The van der Waals surface area contributed by atoms with E-state index < -0.39 is 0 Å². The number of carbonyl (C=O) groups excluding carboxylic acids is 1. The zero-order chi connectivity index (χ0) is 19.4. The van der Waals surface area contributed by atoms with E-state index in [1.165, 1.54) is 5.56 Å². The topological polar surface area (TPSA) is 47.4 Å². The van der Waals surface area contributed by atoms with Gasteiger partial charge >= 0.3 is 0 Å². The van der Waals surface area contributed by atoms with Gasteiger partial charge in [0.2, 0.25) is 5.91 Å². The molecule has 3 rings (SSSR count). The van der Waals surface area contributed by atoms with Crippen LogP contribution in [0.25, 0.3) is 11.0 Å². The van der Waals surface area contributed by atoms with E-state index in [-0.39, 0.29) is 18.5 Å². The molecule has 5 heteroatoms. The van der Waals surface area contributed by atoms with Crippen molar-refractivity contribution in [3.05, 3.63) is 59.9 Å². The Kier molecular flexibility index (Phi) is 5.91. The highest BCUT2D eigenvalue weighted by Gasteiger charge is 2.26.